The summed E-state index contributed by atoms with van der Waals surface area (Å²) >= 11 is 0. The summed E-state index contributed by atoms with van der Waals surface area (Å²) in [6, 6.07) is 5.33. The molecule has 0 aliphatic carbocycles. The van der Waals surface area contributed by atoms with Crippen molar-refractivity contribution in [3.63, 3.8) is 0 Å². The number of piperazine rings is 1. The Morgan fingerprint density at radius 3 is 2.43 bits per heavy atom. The Morgan fingerprint density at radius 2 is 1.91 bits per heavy atom. The van der Waals surface area contributed by atoms with Crippen molar-refractivity contribution < 1.29 is 14.6 Å². The van der Waals surface area contributed by atoms with Gasteiger partial charge in [-0.05, 0) is 0 Å². The third-order valence-electron chi connectivity index (χ3n) is 3.76. The molecule has 0 amide bonds. The second-order valence-corrected chi connectivity index (χ2v) is 4.93. The van der Waals surface area contributed by atoms with E-state index in [1.54, 1.807) is 19.2 Å². The molecule has 1 saturated heterocycles. The third-order valence-corrected chi connectivity index (χ3v) is 3.76. The molecule has 1 aliphatic rings. The first-order chi connectivity index (χ1) is 10.2. The van der Waals surface area contributed by atoms with Crippen LogP contribution in [-0.2, 0) is 0 Å². The highest BCUT2D eigenvalue weighted by atomic mass is 35.5. The molecule has 1 fully saturated rings. The summed E-state index contributed by atoms with van der Waals surface area (Å²) in [5, 5.41) is 22.8. The highest BCUT2D eigenvalue weighted by molar-refractivity contribution is 5.85. The lowest BCUT2D eigenvalue weighted by Gasteiger charge is -2.34. The van der Waals surface area contributed by atoms with Crippen LogP contribution in [0.15, 0.2) is 12.1 Å². The van der Waals surface area contributed by atoms with Crippen molar-refractivity contribution in [2.75, 3.05) is 40.4 Å². The Bertz CT molecular complexity index is 531. The molecule has 0 aromatic heterocycles. The van der Waals surface area contributed by atoms with Gasteiger partial charge in [0.15, 0.2) is 0 Å². The second kappa shape index (κ2) is 10.4. The Balaban J connectivity index is 0.00000242. The number of phenolic OH excluding ortho intramolecular Hbond substituents is 1. The van der Waals surface area contributed by atoms with Crippen molar-refractivity contribution in [3.05, 3.63) is 17.7 Å². The molecule has 0 spiro atoms. The predicted molar refractivity (Wildman–Crippen MR) is 93.1 cm³/mol. The van der Waals surface area contributed by atoms with Gasteiger partial charge in [-0.2, -0.15) is 5.26 Å². The Hall–Kier alpha value is -1.39. The molecule has 2 rings (SSSR count). The van der Waals surface area contributed by atoms with E-state index in [1.165, 1.54) is 7.11 Å². The fourth-order valence-corrected chi connectivity index (χ4v) is 2.70. The lowest BCUT2D eigenvalue weighted by molar-refractivity contribution is 0.170. The van der Waals surface area contributed by atoms with Gasteiger partial charge < -0.3 is 19.9 Å². The number of hydrogen-bond acceptors (Lipinski definition) is 6. The smallest absolute Gasteiger partial charge is 0.131 e. The van der Waals surface area contributed by atoms with Gasteiger partial charge in [0.2, 0.25) is 0 Å². The molecule has 0 unspecified atom stereocenters. The number of nitriles is 1. The minimum atomic E-state index is -0.182. The number of ether oxygens (including phenoxy) is 2. The second-order valence-electron chi connectivity index (χ2n) is 4.93. The van der Waals surface area contributed by atoms with Crippen molar-refractivity contribution in [2.45, 2.75) is 12.5 Å². The molecule has 130 valence electrons. The highest BCUT2D eigenvalue weighted by Crippen LogP contribution is 2.41. The molecule has 2 N–H and O–H groups in total. The molecular weight excluding hydrogens is 341 g/mol. The van der Waals surface area contributed by atoms with E-state index in [4.69, 9.17) is 14.7 Å². The molecule has 1 aromatic rings. The molecule has 6 nitrogen and oxygen atoms in total. The molecule has 23 heavy (non-hydrogen) atoms. The van der Waals surface area contributed by atoms with Crippen LogP contribution in [0.4, 0.5) is 0 Å². The average Bonchev–Trinajstić information content (AvgIpc) is 2.53. The lowest BCUT2D eigenvalue weighted by atomic mass is 9.99. The van der Waals surface area contributed by atoms with Crippen LogP contribution in [0.2, 0.25) is 0 Å². The van der Waals surface area contributed by atoms with Crippen LogP contribution >= 0.6 is 24.8 Å². The number of rotatable bonds is 5. The molecule has 0 radical (unpaired) electrons. The molecule has 1 atom stereocenters. The normalized spacial score (nSPS) is 15.5. The minimum absolute atomic E-state index is 0. The van der Waals surface area contributed by atoms with Crippen molar-refractivity contribution >= 4 is 24.8 Å². The van der Waals surface area contributed by atoms with Gasteiger partial charge in [-0.15, -0.1) is 24.8 Å². The molecule has 1 aliphatic heterocycles. The van der Waals surface area contributed by atoms with E-state index < -0.39 is 0 Å². The predicted octanol–water partition coefficient (Wildman–Crippen LogP) is 2.11. The quantitative estimate of drug-likeness (QED) is 0.833. The summed E-state index contributed by atoms with van der Waals surface area (Å²) in [5.41, 5.74) is 0.654. The molecule has 1 heterocycles. The molecule has 8 heteroatoms. The third kappa shape index (κ3) is 5.05. The molecule has 0 bridgehead atoms. The number of methoxy groups -OCH3 is 2. The van der Waals surface area contributed by atoms with Crippen LogP contribution in [0, 0.1) is 11.3 Å². The number of phenols is 1. The van der Waals surface area contributed by atoms with E-state index in [0.29, 0.717) is 23.5 Å². The maximum atomic E-state index is 10.4. The SMILES string of the molecule is COc1cc(O)c([C@@H](CC#N)N2CCNCC2)c(OC)c1.Cl.Cl. The van der Waals surface area contributed by atoms with Gasteiger partial charge >= 0.3 is 0 Å². The number of nitrogens with zero attached hydrogens (tertiary/aromatic N) is 2. The highest BCUT2D eigenvalue weighted by Gasteiger charge is 2.28. The lowest BCUT2D eigenvalue weighted by Crippen LogP contribution is -2.45. The monoisotopic (exact) mass is 363 g/mol. The summed E-state index contributed by atoms with van der Waals surface area (Å²) in [5.74, 6) is 1.18. The van der Waals surface area contributed by atoms with Gasteiger partial charge in [0, 0.05) is 38.3 Å². The van der Waals surface area contributed by atoms with E-state index in [9.17, 15) is 5.11 Å². The van der Waals surface area contributed by atoms with Gasteiger partial charge in [0.05, 0.1) is 38.3 Å². The Morgan fingerprint density at radius 1 is 1.26 bits per heavy atom. The van der Waals surface area contributed by atoms with Crippen molar-refractivity contribution in [1.29, 1.82) is 5.26 Å². The van der Waals surface area contributed by atoms with Crippen LogP contribution in [0.25, 0.3) is 0 Å². The largest absolute Gasteiger partial charge is 0.507 e. The van der Waals surface area contributed by atoms with Crippen molar-refractivity contribution in [1.82, 2.24) is 10.2 Å². The van der Waals surface area contributed by atoms with Gasteiger partial charge in [-0.1, -0.05) is 0 Å². The zero-order valence-electron chi connectivity index (χ0n) is 13.2. The number of halogens is 2. The van der Waals surface area contributed by atoms with Gasteiger partial charge in [0.1, 0.15) is 17.2 Å². The number of nitrogens with one attached hydrogen (secondary N) is 1. The van der Waals surface area contributed by atoms with Crippen molar-refractivity contribution in [2.24, 2.45) is 0 Å². The van der Waals surface area contributed by atoms with E-state index in [-0.39, 0.29) is 36.6 Å². The first kappa shape index (κ1) is 21.6. The topological polar surface area (TPSA) is 77.8 Å². The fourth-order valence-electron chi connectivity index (χ4n) is 2.70. The van der Waals surface area contributed by atoms with Crippen molar-refractivity contribution in [3.8, 4) is 23.3 Å². The first-order valence-corrected chi connectivity index (χ1v) is 6.97. The number of aromatic hydroxyl groups is 1. The fraction of sp³-hybridized carbons (Fsp3) is 0.533. The summed E-state index contributed by atoms with van der Waals surface area (Å²) in [6.45, 7) is 3.42. The average molecular weight is 364 g/mol. The van der Waals surface area contributed by atoms with Crippen LogP contribution in [-0.4, -0.2) is 50.4 Å². The zero-order chi connectivity index (χ0) is 15.2. The molecule has 0 saturated carbocycles. The van der Waals surface area contributed by atoms with Crippen LogP contribution in [0.3, 0.4) is 0 Å². The number of benzene rings is 1. The minimum Gasteiger partial charge on any atom is -0.507 e. The van der Waals surface area contributed by atoms with Gasteiger partial charge in [-0.3, -0.25) is 4.90 Å². The molecule has 1 aromatic carbocycles. The van der Waals surface area contributed by atoms with E-state index >= 15 is 0 Å². The van der Waals surface area contributed by atoms with E-state index in [1.807, 2.05) is 0 Å². The number of hydrogen-bond donors (Lipinski definition) is 2. The summed E-state index contributed by atoms with van der Waals surface area (Å²) in [7, 11) is 3.09. The first-order valence-electron chi connectivity index (χ1n) is 6.97. The maximum Gasteiger partial charge on any atom is 0.131 e. The maximum absolute atomic E-state index is 10.4. The summed E-state index contributed by atoms with van der Waals surface area (Å²) in [4.78, 5) is 2.20. The standard InChI is InChI=1S/C15H21N3O3.2ClH/c1-20-11-9-13(19)15(14(10-11)21-2)12(3-4-16)18-7-5-17-6-8-18;;/h9-10,12,17,19H,3,5-8H2,1-2H3;2*1H/t12-;;/m1../s1. The Labute approximate surface area is 149 Å². The summed E-state index contributed by atoms with van der Waals surface area (Å²) in [6.07, 6.45) is 0.302. The zero-order valence-corrected chi connectivity index (χ0v) is 14.9. The van der Waals surface area contributed by atoms with Crippen LogP contribution < -0.4 is 14.8 Å². The van der Waals surface area contributed by atoms with Gasteiger partial charge in [-0.25, -0.2) is 0 Å². The van der Waals surface area contributed by atoms with Crippen LogP contribution in [0.5, 0.6) is 17.2 Å². The van der Waals surface area contributed by atoms with E-state index in [2.05, 4.69) is 16.3 Å². The van der Waals surface area contributed by atoms with Crippen LogP contribution in [0.1, 0.15) is 18.0 Å². The van der Waals surface area contributed by atoms with E-state index in [0.717, 1.165) is 26.2 Å². The summed E-state index contributed by atoms with van der Waals surface area (Å²) < 4.78 is 10.5. The Kier molecular flexibility index (Phi) is 9.77. The van der Waals surface area contributed by atoms with Gasteiger partial charge in [0.25, 0.3) is 0 Å². The molecular formula is C15H23Cl2N3O3.